The minimum Gasteiger partial charge on any atom is -0.324 e. The third-order valence-corrected chi connectivity index (χ3v) is 6.54. The Bertz CT molecular complexity index is 758. The minimum absolute atomic E-state index is 0.161. The van der Waals surface area contributed by atoms with Crippen LogP contribution in [0.2, 0.25) is 0 Å². The zero-order valence-corrected chi connectivity index (χ0v) is 15.7. The second-order valence-electron chi connectivity index (χ2n) is 8.42. The van der Waals surface area contributed by atoms with Crippen LogP contribution < -0.4 is 5.32 Å². The highest BCUT2D eigenvalue weighted by Gasteiger charge is 2.41. The lowest BCUT2D eigenvalue weighted by Crippen LogP contribution is -2.40. The van der Waals surface area contributed by atoms with Crippen molar-refractivity contribution < 1.29 is 4.79 Å². The Morgan fingerprint density at radius 3 is 2.58 bits per heavy atom. The number of fused-ring (bicyclic) bond motifs is 1. The van der Waals surface area contributed by atoms with Crippen LogP contribution in [0.15, 0.2) is 36.5 Å². The van der Waals surface area contributed by atoms with Crippen molar-refractivity contribution in [1.29, 1.82) is 0 Å². The fourth-order valence-corrected chi connectivity index (χ4v) is 5.10. The third kappa shape index (κ3) is 3.77. The van der Waals surface area contributed by atoms with Gasteiger partial charge in [0.15, 0.2) is 0 Å². The molecule has 0 unspecified atom stereocenters. The summed E-state index contributed by atoms with van der Waals surface area (Å²) in [6.45, 7) is 0. The van der Waals surface area contributed by atoms with Crippen molar-refractivity contribution in [2.75, 3.05) is 5.32 Å². The zero-order chi connectivity index (χ0) is 17.8. The molecule has 1 N–H and O–H groups in total. The van der Waals surface area contributed by atoms with Crippen molar-refractivity contribution >= 4 is 22.5 Å². The van der Waals surface area contributed by atoms with E-state index in [-0.39, 0.29) is 11.3 Å². The Labute approximate surface area is 156 Å². The highest BCUT2D eigenvalue weighted by atomic mass is 16.2. The zero-order valence-electron chi connectivity index (χ0n) is 15.7. The van der Waals surface area contributed by atoms with Crippen LogP contribution >= 0.6 is 0 Å². The van der Waals surface area contributed by atoms with Crippen molar-refractivity contribution in [3.05, 3.63) is 36.5 Å². The van der Waals surface area contributed by atoms with E-state index < -0.39 is 0 Å². The van der Waals surface area contributed by atoms with E-state index >= 15 is 0 Å². The molecule has 138 valence electrons. The molecule has 0 aliphatic heterocycles. The van der Waals surface area contributed by atoms with E-state index in [1.54, 1.807) is 6.20 Å². The highest BCUT2D eigenvalue weighted by Crippen LogP contribution is 2.45. The average Bonchev–Trinajstić information content (AvgIpc) is 2.69. The van der Waals surface area contributed by atoms with E-state index in [2.05, 4.69) is 22.4 Å². The van der Waals surface area contributed by atoms with Gasteiger partial charge in [0, 0.05) is 10.8 Å². The van der Waals surface area contributed by atoms with Gasteiger partial charge in [-0.25, -0.2) is 0 Å². The van der Waals surface area contributed by atoms with E-state index in [9.17, 15) is 4.79 Å². The van der Waals surface area contributed by atoms with Gasteiger partial charge in [-0.2, -0.15) is 0 Å². The van der Waals surface area contributed by atoms with Crippen LogP contribution in [0.5, 0.6) is 0 Å². The molecule has 0 atom stereocenters. The number of hydrogen-bond donors (Lipinski definition) is 1. The Balaban J connectivity index is 1.53. The molecular formula is C23H30N2O. The number of carbonyl (C=O) groups is 1. The van der Waals surface area contributed by atoms with Gasteiger partial charge < -0.3 is 5.32 Å². The normalized spacial score (nSPS) is 20.8. The Kier molecular flexibility index (Phi) is 5.23. The molecule has 0 radical (unpaired) electrons. The predicted octanol–water partition coefficient (Wildman–Crippen LogP) is 6.09. The topological polar surface area (TPSA) is 42.0 Å². The van der Waals surface area contributed by atoms with Crippen molar-refractivity contribution in [3.8, 4) is 0 Å². The lowest BCUT2D eigenvalue weighted by atomic mass is 9.66. The number of hydrogen-bond acceptors (Lipinski definition) is 2. The summed E-state index contributed by atoms with van der Waals surface area (Å²) in [7, 11) is 0. The monoisotopic (exact) mass is 350 g/mol. The standard InChI is InChI=1S/C23H30N2O/c26-22(25-20-15-19-11-5-6-12-21(19)24-17-20)23(13-7-2-8-14-23)16-18-9-3-1-4-10-18/h5-6,11-12,15,17-18H,1-4,7-10,13-14,16H2,(H,25,26). The maximum absolute atomic E-state index is 13.4. The summed E-state index contributed by atoms with van der Waals surface area (Å²) in [6, 6.07) is 10.1. The fourth-order valence-electron chi connectivity index (χ4n) is 5.10. The highest BCUT2D eigenvalue weighted by molar-refractivity contribution is 5.96. The lowest BCUT2D eigenvalue weighted by Gasteiger charge is -2.39. The maximum Gasteiger partial charge on any atom is 0.230 e. The van der Waals surface area contributed by atoms with Crippen molar-refractivity contribution in [1.82, 2.24) is 4.98 Å². The fraction of sp³-hybridized carbons (Fsp3) is 0.565. The van der Waals surface area contributed by atoms with Gasteiger partial charge in [0.2, 0.25) is 5.91 Å². The van der Waals surface area contributed by atoms with Gasteiger partial charge in [-0.1, -0.05) is 69.6 Å². The number of para-hydroxylation sites is 1. The first-order valence-corrected chi connectivity index (χ1v) is 10.4. The molecule has 0 saturated heterocycles. The molecule has 2 fully saturated rings. The summed E-state index contributed by atoms with van der Waals surface area (Å²) in [5.41, 5.74) is 1.65. The summed E-state index contributed by atoms with van der Waals surface area (Å²) in [4.78, 5) is 17.9. The molecule has 4 rings (SSSR count). The molecule has 2 aromatic rings. The van der Waals surface area contributed by atoms with Crippen LogP contribution in [0, 0.1) is 11.3 Å². The number of aromatic nitrogens is 1. The molecule has 1 aromatic heterocycles. The van der Waals surface area contributed by atoms with Gasteiger partial charge in [-0.05, 0) is 37.3 Å². The molecule has 2 aliphatic carbocycles. The van der Waals surface area contributed by atoms with Gasteiger partial charge in [0.05, 0.1) is 17.4 Å². The number of amides is 1. The molecule has 26 heavy (non-hydrogen) atoms. The minimum atomic E-state index is -0.161. The van der Waals surface area contributed by atoms with Crippen LogP contribution in [0.4, 0.5) is 5.69 Å². The van der Waals surface area contributed by atoms with Crippen LogP contribution in [-0.4, -0.2) is 10.9 Å². The first-order valence-electron chi connectivity index (χ1n) is 10.4. The quantitative estimate of drug-likeness (QED) is 0.724. The van der Waals surface area contributed by atoms with E-state index in [1.165, 1.54) is 51.4 Å². The number of pyridine rings is 1. The summed E-state index contributed by atoms with van der Waals surface area (Å²) in [6.07, 6.45) is 15.3. The van der Waals surface area contributed by atoms with Gasteiger partial charge in [0.25, 0.3) is 0 Å². The SMILES string of the molecule is O=C(Nc1cnc2ccccc2c1)C1(CC2CCCCC2)CCCCC1. The number of benzene rings is 1. The summed E-state index contributed by atoms with van der Waals surface area (Å²) < 4.78 is 0. The van der Waals surface area contributed by atoms with E-state index in [0.29, 0.717) is 0 Å². The number of anilines is 1. The van der Waals surface area contributed by atoms with E-state index in [4.69, 9.17) is 0 Å². The van der Waals surface area contributed by atoms with Gasteiger partial charge >= 0.3 is 0 Å². The summed E-state index contributed by atoms with van der Waals surface area (Å²) in [5.74, 6) is 0.974. The molecular weight excluding hydrogens is 320 g/mol. The van der Waals surface area contributed by atoms with Gasteiger partial charge in [0.1, 0.15) is 0 Å². The Morgan fingerprint density at radius 1 is 1.04 bits per heavy atom. The van der Waals surface area contributed by atoms with Crippen LogP contribution in [0.25, 0.3) is 10.9 Å². The molecule has 3 heteroatoms. The maximum atomic E-state index is 13.4. The molecule has 3 nitrogen and oxygen atoms in total. The Morgan fingerprint density at radius 2 is 1.77 bits per heavy atom. The van der Waals surface area contributed by atoms with Crippen molar-refractivity contribution in [2.24, 2.45) is 11.3 Å². The molecule has 2 aliphatic rings. The van der Waals surface area contributed by atoms with Crippen LogP contribution in [0.1, 0.15) is 70.6 Å². The smallest absolute Gasteiger partial charge is 0.230 e. The molecule has 2 saturated carbocycles. The summed E-state index contributed by atoms with van der Waals surface area (Å²) >= 11 is 0. The Hall–Kier alpha value is -1.90. The van der Waals surface area contributed by atoms with Gasteiger partial charge in [-0.15, -0.1) is 0 Å². The second-order valence-corrected chi connectivity index (χ2v) is 8.42. The van der Waals surface area contributed by atoms with E-state index in [0.717, 1.165) is 41.8 Å². The van der Waals surface area contributed by atoms with Crippen molar-refractivity contribution in [3.63, 3.8) is 0 Å². The third-order valence-electron chi connectivity index (χ3n) is 6.54. The largest absolute Gasteiger partial charge is 0.324 e. The van der Waals surface area contributed by atoms with Gasteiger partial charge in [-0.3, -0.25) is 9.78 Å². The van der Waals surface area contributed by atoms with Crippen LogP contribution in [0.3, 0.4) is 0 Å². The molecule has 0 spiro atoms. The number of nitrogens with one attached hydrogen (secondary N) is 1. The molecule has 1 amide bonds. The summed E-state index contributed by atoms with van der Waals surface area (Å²) in [5, 5.41) is 4.31. The predicted molar refractivity (Wildman–Crippen MR) is 107 cm³/mol. The number of rotatable bonds is 4. The average molecular weight is 351 g/mol. The molecule has 1 aromatic carbocycles. The van der Waals surface area contributed by atoms with E-state index in [1.807, 2.05) is 18.2 Å². The first-order chi connectivity index (χ1) is 12.8. The number of carbonyl (C=O) groups excluding carboxylic acids is 1. The number of nitrogens with zero attached hydrogens (tertiary/aromatic N) is 1. The first kappa shape index (κ1) is 17.5. The van der Waals surface area contributed by atoms with Crippen LogP contribution in [-0.2, 0) is 4.79 Å². The lowest BCUT2D eigenvalue weighted by molar-refractivity contribution is -0.128. The van der Waals surface area contributed by atoms with Crippen molar-refractivity contribution in [2.45, 2.75) is 70.6 Å². The second kappa shape index (κ2) is 7.77. The molecule has 0 bridgehead atoms. The molecule has 1 heterocycles.